The van der Waals surface area contributed by atoms with Crippen molar-refractivity contribution in [2.24, 2.45) is 0 Å². The van der Waals surface area contributed by atoms with Gasteiger partial charge in [-0.25, -0.2) is 9.18 Å². The average Bonchev–Trinajstić information content (AvgIpc) is 2.68. The number of hydrogen-bond donors (Lipinski definition) is 1. The van der Waals surface area contributed by atoms with E-state index < -0.39 is 11.7 Å². The molecule has 1 N–H and O–H groups in total. The summed E-state index contributed by atoms with van der Waals surface area (Å²) in [5, 5.41) is 3.42. The molecular weight excluding hydrogens is 353 g/mol. The van der Waals surface area contributed by atoms with Gasteiger partial charge in [0.05, 0.1) is 4.47 Å². The van der Waals surface area contributed by atoms with E-state index in [0.29, 0.717) is 27.4 Å². The molecule has 2 aromatic rings. The molecule has 1 aromatic heterocycles. The van der Waals surface area contributed by atoms with Gasteiger partial charge in [0, 0.05) is 17.0 Å². The van der Waals surface area contributed by atoms with Crippen LogP contribution in [0.1, 0.15) is 33.3 Å². The van der Waals surface area contributed by atoms with Gasteiger partial charge in [-0.15, -0.1) is 0 Å². The van der Waals surface area contributed by atoms with Crippen molar-refractivity contribution in [3.8, 4) is 0 Å². The minimum atomic E-state index is -0.554. The van der Waals surface area contributed by atoms with Crippen molar-refractivity contribution in [2.75, 3.05) is 0 Å². The summed E-state index contributed by atoms with van der Waals surface area (Å²) in [7, 11) is 0. The second kappa shape index (κ2) is 6.28. The van der Waals surface area contributed by atoms with Gasteiger partial charge in [0.15, 0.2) is 0 Å². The Labute approximate surface area is 137 Å². The van der Waals surface area contributed by atoms with Crippen molar-refractivity contribution >= 4 is 33.0 Å². The van der Waals surface area contributed by atoms with Gasteiger partial charge in [0.2, 0.25) is 0 Å². The fraction of sp³-hybridized carbons (Fsp3) is 0.438. The lowest BCUT2D eigenvalue weighted by molar-refractivity contribution is 0.0508. The third kappa shape index (κ3) is 4.22. The Morgan fingerprint density at radius 3 is 2.77 bits per heavy atom. The second-order valence-electron chi connectivity index (χ2n) is 6.28. The molecule has 2 rings (SSSR count). The Bertz CT molecular complexity index is 690. The molecule has 1 unspecified atom stereocenters. The molecule has 0 saturated heterocycles. The van der Waals surface area contributed by atoms with E-state index in [4.69, 9.17) is 9.15 Å². The predicted octanol–water partition coefficient (Wildman–Crippen LogP) is 4.79. The van der Waals surface area contributed by atoms with Crippen LogP contribution in [0.15, 0.2) is 27.3 Å². The number of nitrogens with one attached hydrogen (secondary N) is 1. The Morgan fingerprint density at radius 2 is 2.14 bits per heavy atom. The van der Waals surface area contributed by atoms with E-state index in [2.05, 4.69) is 21.2 Å². The van der Waals surface area contributed by atoms with E-state index >= 15 is 0 Å². The molecule has 0 bridgehead atoms. The van der Waals surface area contributed by atoms with Gasteiger partial charge in [-0.2, -0.15) is 0 Å². The number of alkyl carbamates (subject to hydrolysis) is 1. The van der Waals surface area contributed by atoms with E-state index in [0.717, 1.165) is 0 Å². The van der Waals surface area contributed by atoms with Gasteiger partial charge < -0.3 is 14.5 Å². The maximum atomic E-state index is 13.7. The van der Waals surface area contributed by atoms with Crippen molar-refractivity contribution in [3.63, 3.8) is 0 Å². The Morgan fingerprint density at radius 1 is 1.45 bits per heavy atom. The van der Waals surface area contributed by atoms with E-state index in [1.54, 1.807) is 20.8 Å². The summed E-state index contributed by atoms with van der Waals surface area (Å²) in [6.07, 6.45) is 1.47. The number of halogens is 2. The zero-order chi connectivity index (χ0) is 16.5. The van der Waals surface area contributed by atoms with Gasteiger partial charge in [0.1, 0.15) is 23.3 Å². The first-order valence-electron chi connectivity index (χ1n) is 7.00. The van der Waals surface area contributed by atoms with E-state index in [9.17, 15) is 9.18 Å². The lowest BCUT2D eigenvalue weighted by atomic mass is 10.0. The van der Waals surface area contributed by atoms with Crippen LogP contribution < -0.4 is 5.32 Å². The number of fused-ring (bicyclic) bond motifs is 1. The lowest BCUT2D eigenvalue weighted by Gasteiger charge is -2.22. The second-order valence-corrected chi connectivity index (χ2v) is 7.13. The molecule has 1 atom stereocenters. The van der Waals surface area contributed by atoms with Gasteiger partial charge in [-0.1, -0.05) is 0 Å². The van der Waals surface area contributed by atoms with Crippen molar-refractivity contribution in [3.05, 3.63) is 34.2 Å². The van der Waals surface area contributed by atoms with E-state index in [-0.39, 0.29) is 11.9 Å². The molecule has 0 aliphatic rings. The number of rotatable bonds is 3. The number of carbonyl (C=O) groups is 1. The highest BCUT2D eigenvalue weighted by Crippen LogP contribution is 2.30. The largest absolute Gasteiger partial charge is 0.463 e. The van der Waals surface area contributed by atoms with Crippen LogP contribution in [-0.2, 0) is 11.2 Å². The highest BCUT2D eigenvalue weighted by molar-refractivity contribution is 9.10. The smallest absolute Gasteiger partial charge is 0.407 e. The number of amides is 1. The maximum Gasteiger partial charge on any atom is 0.407 e. The number of carbonyl (C=O) groups excluding carboxylic acids is 1. The van der Waals surface area contributed by atoms with E-state index in [1.165, 1.54) is 18.4 Å². The maximum absolute atomic E-state index is 13.7. The van der Waals surface area contributed by atoms with Gasteiger partial charge in [-0.3, -0.25) is 0 Å². The number of furan rings is 1. The van der Waals surface area contributed by atoms with E-state index in [1.807, 2.05) is 6.92 Å². The van der Waals surface area contributed by atoms with Crippen LogP contribution in [0.2, 0.25) is 0 Å². The molecule has 0 aliphatic carbocycles. The highest BCUT2D eigenvalue weighted by atomic mass is 79.9. The summed E-state index contributed by atoms with van der Waals surface area (Å²) in [6, 6.07) is 2.62. The molecule has 1 amide bonds. The third-order valence-electron chi connectivity index (χ3n) is 2.96. The van der Waals surface area contributed by atoms with Crippen molar-refractivity contribution in [1.29, 1.82) is 0 Å². The van der Waals surface area contributed by atoms with Crippen molar-refractivity contribution < 1.29 is 18.3 Å². The molecule has 0 radical (unpaired) electrons. The Hall–Kier alpha value is -1.56. The number of hydrogen-bond acceptors (Lipinski definition) is 3. The first-order chi connectivity index (χ1) is 10.2. The average molecular weight is 372 g/mol. The zero-order valence-electron chi connectivity index (χ0n) is 13.0. The number of ether oxygens (including phenoxy) is 1. The van der Waals surface area contributed by atoms with Crippen LogP contribution in [0.4, 0.5) is 9.18 Å². The standard InChI is InChI=1S/C16H19BrFNO3/c1-9(19-15(20)22-16(2,3)4)5-10-6-11(18)7-12-13(17)8-21-14(10)12/h6-9H,5H2,1-4H3,(H,19,20). The molecule has 22 heavy (non-hydrogen) atoms. The summed E-state index contributed by atoms with van der Waals surface area (Å²) in [6.45, 7) is 7.23. The van der Waals surface area contributed by atoms with Crippen LogP contribution >= 0.6 is 15.9 Å². The van der Waals surface area contributed by atoms with Crippen molar-refractivity contribution in [1.82, 2.24) is 5.32 Å². The van der Waals surface area contributed by atoms with Crippen LogP contribution in [0.3, 0.4) is 0 Å². The lowest BCUT2D eigenvalue weighted by Crippen LogP contribution is -2.38. The summed E-state index contributed by atoms with van der Waals surface area (Å²) in [4.78, 5) is 11.8. The molecule has 0 aliphatic heterocycles. The van der Waals surface area contributed by atoms with Gasteiger partial charge >= 0.3 is 6.09 Å². The molecule has 0 spiro atoms. The van der Waals surface area contributed by atoms with Crippen LogP contribution in [-0.4, -0.2) is 17.7 Å². The highest BCUT2D eigenvalue weighted by Gasteiger charge is 2.19. The quantitative estimate of drug-likeness (QED) is 0.843. The summed E-state index contributed by atoms with van der Waals surface area (Å²) in [5.74, 6) is -0.339. The van der Waals surface area contributed by atoms with Gasteiger partial charge in [0.25, 0.3) is 0 Å². The topological polar surface area (TPSA) is 51.5 Å². The SMILES string of the molecule is CC(Cc1cc(F)cc2c(Br)coc12)NC(=O)OC(C)(C)C. The normalized spacial score (nSPS) is 13.2. The van der Waals surface area contributed by atoms with Crippen LogP contribution in [0.25, 0.3) is 11.0 Å². The molecule has 0 saturated carbocycles. The molecule has 1 heterocycles. The summed E-state index contributed by atoms with van der Waals surface area (Å²) in [5.41, 5.74) is 0.761. The molecule has 6 heteroatoms. The first kappa shape index (κ1) is 16.8. The van der Waals surface area contributed by atoms with Gasteiger partial charge in [-0.05, 0) is 62.2 Å². The summed E-state index contributed by atoms with van der Waals surface area (Å²) >= 11 is 3.32. The predicted molar refractivity (Wildman–Crippen MR) is 86.4 cm³/mol. The summed E-state index contributed by atoms with van der Waals surface area (Å²) < 4.78 is 25.1. The molecule has 120 valence electrons. The fourth-order valence-electron chi connectivity index (χ4n) is 2.18. The van der Waals surface area contributed by atoms with Crippen LogP contribution in [0, 0.1) is 5.82 Å². The molecule has 1 aromatic carbocycles. The minimum absolute atomic E-state index is 0.219. The molecule has 4 nitrogen and oxygen atoms in total. The Balaban J connectivity index is 2.12. The van der Waals surface area contributed by atoms with Crippen molar-refractivity contribution in [2.45, 2.75) is 45.8 Å². The van der Waals surface area contributed by atoms with Crippen LogP contribution in [0.5, 0.6) is 0 Å². The Kier molecular flexibility index (Phi) is 4.80. The number of benzene rings is 1. The molecular formula is C16H19BrFNO3. The first-order valence-corrected chi connectivity index (χ1v) is 7.79. The minimum Gasteiger partial charge on any atom is -0.463 e. The zero-order valence-corrected chi connectivity index (χ0v) is 14.6. The monoisotopic (exact) mass is 371 g/mol. The fourth-order valence-corrected chi connectivity index (χ4v) is 2.57. The molecule has 0 fully saturated rings. The third-order valence-corrected chi connectivity index (χ3v) is 3.57.